The minimum absolute atomic E-state index is 0.0693. The van der Waals surface area contributed by atoms with Gasteiger partial charge in [-0.15, -0.1) is 0 Å². The van der Waals surface area contributed by atoms with Crippen molar-refractivity contribution in [1.82, 2.24) is 9.62 Å². The molecule has 0 aromatic heterocycles. The van der Waals surface area contributed by atoms with E-state index < -0.39 is 15.9 Å². The Morgan fingerprint density at radius 3 is 2.91 bits per heavy atom. The van der Waals surface area contributed by atoms with Crippen LogP contribution in [0.3, 0.4) is 0 Å². The number of nitrogens with one attached hydrogen (secondary N) is 1. The minimum Gasteiger partial charge on any atom is -0.378 e. The minimum atomic E-state index is -3.75. The van der Waals surface area contributed by atoms with E-state index in [0.29, 0.717) is 6.61 Å². The van der Waals surface area contributed by atoms with Crippen molar-refractivity contribution in [2.24, 2.45) is 5.92 Å². The summed E-state index contributed by atoms with van der Waals surface area (Å²) in [6.45, 7) is 0.766. The van der Waals surface area contributed by atoms with Crippen molar-refractivity contribution < 1.29 is 17.9 Å². The maximum Gasteiger partial charge on any atom is 0.243 e. The van der Waals surface area contributed by atoms with Gasteiger partial charge in [0.1, 0.15) is 0 Å². The number of sulfonamides is 1. The molecule has 1 aromatic carbocycles. The first-order valence-corrected chi connectivity index (χ1v) is 8.33. The van der Waals surface area contributed by atoms with Gasteiger partial charge in [-0.3, -0.25) is 4.79 Å². The first kappa shape index (κ1) is 15.0. The largest absolute Gasteiger partial charge is 0.378 e. The number of ether oxygens (including phenoxy) is 1. The lowest BCUT2D eigenvalue weighted by molar-refractivity contribution is -0.125. The Morgan fingerprint density at radius 2 is 2.14 bits per heavy atom. The number of fused-ring (bicyclic) bond motifs is 3. The Kier molecular flexibility index (Phi) is 3.87. The van der Waals surface area contributed by atoms with Crippen LogP contribution < -0.4 is 5.32 Å². The monoisotopic (exact) mass is 321 g/mol. The Bertz CT molecular complexity index is 741. The molecule has 7 nitrogen and oxygen atoms in total. The fourth-order valence-electron chi connectivity index (χ4n) is 2.66. The predicted octanol–water partition coefficient (Wildman–Crippen LogP) is -0.306. The average Bonchev–Trinajstić information content (AvgIpc) is 2.76. The number of hydrogen-bond donors (Lipinski definition) is 1. The summed E-state index contributed by atoms with van der Waals surface area (Å²) >= 11 is 0. The van der Waals surface area contributed by atoms with Crippen LogP contribution in [0.15, 0.2) is 29.2 Å². The lowest BCUT2D eigenvalue weighted by Crippen LogP contribution is -2.44. The van der Waals surface area contributed by atoms with Crippen LogP contribution in [0.25, 0.3) is 0 Å². The molecular formula is C14H15N3O4S. The molecule has 116 valence electrons. The predicted molar refractivity (Wildman–Crippen MR) is 76.2 cm³/mol. The summed E-state index contributed by atoms with van der Waals surface area (Å²) in [6, 6.07) is 7.48. The van der Waals surface area contributed by atoms with Crippen LogP contribution in [0.1, 0.15) is 5.56 Å². The second-order valence-electron chi connectivity index (χ2n) is 5.40. The van der Waals surface area contributed by atoms with Crippen molar-refractivity contribution in [1.29, 1.82) is 5.26 Å². The van der Waals surface area contributed by atoms with Crippen LogP contribution in [0.4, 0.5) is 0 Å². The highest BCUT2D eigenvalue weighted by Gasteiger charge is 2.38. The molecule has 2 bridgehead atoms. The average molecular weight is 321 g/mol. The molecule has 2 aliphatic rings. The van der Waals surface area contributed by atoms with Gasteiger partial charge in [-0.05, 0) is 18.2 Å². The Labute approximate surface area is 128 Å². The van der Waals surface area contributed by atoms with Gasteiger partial charge in [-0.2, -0.15) is 9.57 Å². The van der Waals surface area contributed by atoms with E-state index in [2.05, 4.69) is 5.32 Å². The quantitative estimate of drug-likeness (QED) is 0.806. The highest BCUT2D eigenvalue weighted by atomic mass is 32.2. The van der Waals surface area contributed by atoms with Gasteiger partial charge in [0.25, 0.3) is 0 Å². The second-order valence-corrected chi connectivity index (χ2v) is 7.34. The molecule has 1 aromatic rings. The maximum absolute atomic E-state index is 12.8. The molecule has 22 heavy (non-hydrogen) atoms. The summed E-state index contributed by atoms with van der Waals surface area (Å²) in [4.78, 5) is 12.0. The SMILES string of the molecule is N#Cc1cccc(S(=O)(=O)N2C[C@H]3COC[C@@H](C2)C(=O)N3)c1. The van der Waals surface area contributed by atoms with Gasteiger partial charge in [0.2, 0.25) is 15.9 Å². The molecule has 0 aliphatic carbocycles. The van der Waals surface area contributed by atoms with Crippen molar-refractivity contribution in [3.63, 3.8) is 0 Å². The Morgan fingerprint density at radius 1 is 1.32 bits per heavy atom. The zero-order valence-corrected chi connectivity index (χ0v) is 12.5. The molecule has 0 saturated carbocycles. The first-order chi connectivity index (χ1) is 10.5. The third kappa shape index (κ3) is 2.70. The number of carbonyl (C=O) groups excluding carboxylic acids is 1. The fraction of sp³-hybridized carbons (Fsp3) is 0.429. The van der Waals surface area contributed by atoms with Gasteiger partial charge in [-0.25, -0.2) is 8.42 Å². The van der Waals surface area contributed by atoms with Gasteiger partial charge < -0.3 is 10.1 Å². The number of nitriles is 1. The highest BCUT2D eigenvalue weighted by molar-refractivity contribution is 7.89. The summed E-state index contributed by atoms with van der Waals surface area (Å²) < 4.78 is 32.3. The van der Waals surface area contributed by atoms with E-state index in [1.54, 1.807) is 6.07 Å². The normalized spacial score (nSPS) is 25.9. The van der Waals surface area contributed by atoms with Crippen molar-refractivity contribution in [2.75, 3.05) is 26.3 Å². The van der Waals surface area contributed by atoms with E-state index in [1.807, 2.05) is 6.07 Å². The van der Waals surface area contributed by atoms with Crippen LogP contribution in [0, 0.1) is 17.2 Å². The smallest absolute Gasteiger partial charge is 0.243 e. The summed E-state index contributed by atoms with van der Waals surface area (Å²) in [5.74, 6) is -0.688. The molecule has 3 rings (SSSR count). The topological polar surface area (TPSA) is 99.5 Å². The molecular weight excluding hydrogens is 306 g/mol. The number of carbonyl (C=O) groups is 1. The Hall–Kier alpha value is -1.95. The zero-order chi connectivity index (χ0) is 15.7. The van der Waals surface area contributed by atoms with E-state index in [1.165, 1.54) is 22.5 Å². The van der Waals surface area contributed by atoms with Crippen LogP contribution in [-0.4, -0.2) is 51.0 Å². The molecule has 2 saturated heterocycles. The summed E-state index contributed by atoms with van der Waals surface area (Å²) in [5.41, 5.74) is 0.286. The maximum atomic E-state index is 12.8. The third-order valence-corrected chi connectivity index (χ3v) is 5.63. The van der Waals surface area contributed by atoms with Crippen LogP contribution in [-0.2, 0) is 19.6 Å². The molecule has 8 heteroatoms. The molecule has 2 atom stereocenters. The number of rotatable bonds is 2. The van der Waals surface area contributed by atoms with Crippen molar-refractivity contribution >= 4 is 15.9 Å². The lowest BCUT2D eigenvalue weighted by atomic mass is 10.1. The molecule has 1 N–H and O–H groups in total. The number of nitrogens with zero attached hydrogens (tertiary/aromatic N) is 2. The summed E-state index contributed by atoms with van der Waals surface area (Å²) in [6.07, 6.45) is 0. The number of amides is 1. The summed E-state index contributed by atoms with van der Waals surface area (Å²) in [7, 11) is -3.75. The molecule has 2 aliphatic heterocycles. The molecule has 0 unspecified atom stereocenters. The first-order valence-electron chi connectivity index (χ1n) is 6.89. The van der Waals surface area contributed by atoms with E-state index >= 15 is 0 Å². The van der Waals surface area contributed by atoms with Gasteiger partial charge in [-0.1, -0.05) is 6.07 Å². The standard InChI is InChI=1S/C14H15N3O4S/c15-5-10-2-1-3-13(4-10)22(19,20)17-6-11-8-21-9-12(7-17)16-14(11)18/h1-4,11-12H,6-9H2,(H,16,18)/t11-,12+/m1/s1. The van der Waals surface area contributed by atoms with Crippen molar-refractivity contribution in [3.8, 4) is 6.07 Å². The second kappa shape index (κ2) is 5.68. The van der Waals surface area contributed by atoms with E-state index in [4.69, 9.17) is 10.00 Å². The number of benzene rings is 1. The lowest BCUT2D eigenvalue weighted by Gasteiger charge is -2.26. The Balaban J connectivity index is 1.95. The highest BCUT2D eigenvalue weighted by Crippen LogP contribution is 2.22. The molecule has 2 heterocycles. The van der Waals surface area contributed by atoms with Crippen LogP contribution in [0.2, 0.25) is 0 Å². The van der Waals surface area contributed by atoms with Crippen LogP contribution in [0.5, 0.6) is 0 Å². The fourth-order valence-corrected chi connectivity index (χ4v) is 4.24. The van der Waals surface area contributed by atoms with Crippen molar-refractivity contribution in [2.45, 2.75) is 10.9 Å². The zero-order valence-electron chi connectivity index (χ0n) is 11.7. The van der Waals surface area contributed by atoms with Crippen LogP contribution >= 0.6 is 0 Å². The van der Waals surface area contributed by atoms with E-state index in [-0.39, 0.29) is 42.1 Å². The molecule has 0 radical (unpaired) electrons. The van der Waals surface area contributed by atoms with Gasteiger partial charge in [0.15, 0.2) is 0 Å². The van der Waals surface area contributed by atoms with E-state index in [0.717, 1.165) is 0 Å². The molecule has 0 spiro atoms. The molecule has 2 fully saturated rings. The van der Waals surface area contributed by atoms with Gasteiger partial charge >= 0.3 is 0 Å². The van der Waals surface area contributed by atoms with Gasteiger partial charge in [0, 0.05) is 13.1 Å². The number of hydrogen-bond acceptors (Lipinski definition) is 5. The van der Waals surface area contributed by atoms with E-state index in [9.17, 15) is 13.2 Å². The van der Waals surface area contributed by atoms with Crippen molar-refractivity contribution in [3.05, 3.63) is 29.8 Å². The summed E-state index contributed by atoms with van der Waals surface area (Å²) in [5, 5.41) is 11.7. The van der Waals surface area contributed by atoms with Gasteiger partial charge in [0.05, 0.1) is 41.7 Å². The third-order valence-electron chi connectivity index (χ3n) is 3.80. The molecule has 1 amide bonds.